The molecule has 136 valence electrons. The van der Waals surface area contributed by atoms with Crippen LogP contribution in [0.2, 0.25) is 0 Å². The molecule has 0 saturated heterocycles. The van der Waals surface area contributed by atoms with Gasteiger partial charge in [0.15, 0.2) is 5.96 Å². The molecule has 1 aromatic heterocycles. The minimum Gasteiger partial charge on any atom is -0.357 e. The van der Waals surface area contributed by atoms with Gasteiger partial charge in [0.2, 0.25) is 0 Å². The first-order valence-electron chi connectivity index (χ1n) is 8.85. The first kappa shape index (κ1) is 19.4. The predicted octanol–water partition coefficient (Wildman–Crippen LogP) is 3.71. The van der Waals surface area contributed by atoms with Gasteiger partial charge >= 0.3 is 0 Å². The van der Waals surface area contributed by atoms with Gasteiger partial charge in [0.1, 0.15) is 5.82 Å². The van der Waals surface area contributed by atoms with E-state index in [2.05, 4.69) is 32.9 Å². The zero-order valence-corrected chi connectivity index (χ0v) is 15.8. The summed E-state index contributed by atoms with van der Waals surface area (Å²) in [6, 6.07) is 6.64. The quantitative estimate of drug-likeness (QED) is 0.406. The highest BCUT2D eigenvalue weighted by atomic mass is 32.1. The summed E-state index contributed by atoms with van der Waals surface area (Å²) >= 11 is 1.74. The van der Waals surface area contributed by atoms with Gasteiger partial charge in [-0.3, -0.25) is 4.99 Å². The Labute approximate surface area is 153 Å². The number of nitrogens with zero attached hydrogens (tertiary/aromatic N) is 2. The number of benzene rings is 1. The standard InChI is InChI=1S/C19H27FN4S/c1-3-21-19(23-13-11-16-7-9-17(20)10-8-16)22-12-5-4-6-18-24-15(2)14-25-18/h7-10,14H,3-6,11-13H2,1-2H3,(H2,21,22,23). The van der Waals surface area contributed by atoms with Crippen molar-refractivity contribution in [3.63, 3.8) is 0 Å². The van der Waals surface area contributed by atoms with E-state index >= 15 is 0 Å². The first-order valence-corrected chi connectivity index (χ1v) is 9.73. The smallest absolute Gasteiger partial charge is 0.191 e. The monoisotopic (exact) mass is 362 g/mol. The van der Waals surface area contributed by atoms with E-state index in [1.54, 1.807) is 11.3 Å². The molecule has 2 N–H and O–H groups in total. The number of thiazole rings is 1. The van der Waals surface area contributed by atoms with Crippen molar-refractivity contribution in [2.45, 2.75) is 39.5 Å². The minimum atomic E-state index is -0.195. The highest BCUT2D eigenvalue weighted by molar-refractivity contribution is 7.09. The van der Waals surface area contributed by atoms with Crippen molar-refractivity contribution in [1.82, 2.24) is 15.6 Å². The molecule has 0 atom stereocenters. The lowest BCUT2D eigenvalue weighted by molar-refractivity contribution is 0.626. The molecule has 0 aliphatic rings. The van der Waals surface area contributed by atoms with E-state index in [0.29, 0.717) is 0 Å². The van der Waals surface area contributed by atoms with Crippen LogP contribution in [0.15, 0.2) is 34.6 Å². The molecule has 0 amide bonds. The summed E-state index contributed by atoms with van der Waals surface area (Å²) in [5.74, 6) is 0.647. The van der Waals surface area contributed by atoms with Crippen molar-refractivity contribution in [1.29, 1.82) is 0 Å². The van der Waals surface area contributed by atoms with Crippen molar-refractivity contribution < 1.29 is 4.39 Å². The molecule has 0 bridgehead atoms. The fourth-order valence-corrected chi connectivity index (χ4v) is 3.23. The number of unbranched alkanes of at least 4 members (excludes halogenated alkanes) is 1. The highest BCUT2D eigenvalue weighted by Gasteiger charge is 2.00. The van der Waals surface area contributed by atoms with Gasteiger partial charge < -0.3 is 10.6 Å². The summed E-state index contributed by atoms with van der Waals surface area (Å²) in [4.78, 5) is 9.09. The fourth-order valence-electron chi connectivity index (χ4n) is 2.41. The van der Waals surface area contributed by atoms with Crippen LogP contribution in [0.25, 0.3) is 0 Å². The Balaban J connectivity index is 1.67. The Morgan fingerprint density at radius 2 is 1.96 bits per heavy atom. The second kappa shape index (κ2) is 10.8. The molecule has 2 aromatic rings. The van der Waals surface area contributed by atoms with E-state index < -0.39 is 0 Å². The number of rotatable bonds is 9. The largest absolute Gasteiger partial charge is 0.357 e. The van der Waals surface area contributed by atoms with Gasteiger partial charge in [0.05, 0.1) is 5.01 Å². The van der Waals surface area contributed by atoms with E-state index in [1.807, 2.05) is 19.1 Å². The topological polar surface area (TPSA) is 49.3 Å². The normalized spacial score (nSPS) is 11.6. The fraction of sp³-hybridized carbons (Fsp3) is 0.474. The molecule has 1 heterocycles. The third-order valence-electron chi connectivity index (χ3n) is 3.70. The van der Waals surface area contributed by atoms with Crippen LogP contribution in [-0.2, 0) is 12.8 Å². The summed E-state index contributed by atoms with van der Waals surface area (Å²) in [5, 5.41) is 9.90. The van der Waals surface area contributed by atoms with E-state index in [4.69, 9.17) is 0 Å². The number of aliphatic imine (C=N–C) groups is 1. The van der Waals surface area contributed by atoms with Crippen LogP contribution in [0.5, 0.6) is 0 Å². The number of hydrogen-bond donors (Lipinski definition) is 2. The molecule has 0 saturated carbocycles. The Morgan fingerprint density at radius 1 is 1.16 bits per heavy atom. The minimum absolute atomic E-state index is 0.195. The lowest BCUT2D eigenvalue weighted by atomic mass is 10.1. The van der Waals surface area contributed by atoms with Crippen LogP contribution >= 0.6 is 11.3 Å². The van der Waals surface area contributed by atoms with Gasteiger partial charge in [0.25, 0.3) is 0 Å². The van der Waals surface area contributed by atoms with Gasteiger partial charge in [-0.05, 0) is 57.2 Å². The molecular weight excluding hydrogens is 335 g/mol. The lowest BCUT2D eigenvalue weighted by Gasteiger charge is -2.11. The zero-order valence-electron chi connectivity index (χ0n) is 15.0. The van der Waals surface area contributed by atoms with E-state index in [0.717, 1.165) is 62.5 Å². The van der Waals surface area contributed by atoms with Gasteiger partial charge in [-0.25, -0.2) is 9.37 Å². The van der Waals surface area contributed by atoms with Crippen molar-refractivity contribution in [3.8, 4) is 0 Å². The maximum atomic E-state index is 12.9. The van der Waals surface area contributed by atoms with Gasteiger partial charge in [-0.15, -0.1) is 11.3 Å². The van der Waals surface area contributed by atoms with Crippen LogP contribution in [0.1, 0.15) is 36.0 Å². The maximum Gasteiger partial charge on any atom is 0.191 e. The average molecular weight is 363 g/mol. The second-order valence-electron chi connectivity index (χ2n) is 5.90. The number of aromatic nitrogens is 1. The van der Waals surface area contributed by atoms with Gasteiger partial charge in [0, 0.05) is 30.7 Å². The van der Waals surface area contributed by atoms with Crippen molar-refractivity contribution >= 4 is 17.3 Å². The van der Waals surface area contributed by atoms with Crippen molar-refractivity contribution in [2.75, 3.05) is 19.6 Å². The Kier molecular flexibility index (Phi) is 8.39. The van der Waals surface area contributed by atoms with Crippen LogP contribution in [0.3, 0.4) is 0 Å². The molecule has 0 spiro atoms. The Morgan fingerprint density at radius 3 is 2.64 bits per heavy atom. The van der Waals surface area contributed by atoms with Gasteiger partial charge in [-0.1, -0.05) is 12.1 Å². The van der Waals surface area contributed by atoms with Crippen LogP contribution in [0.4, 0.5) is 4.39 Å². The van der Waals surface area contributed by atoms with Crippen molar-refractivity contribution in [2.24, 2.45) is 4.99 Å². The molecule has 1 aromatic carbocycles. The maximum absolute atomic E-state index is 12.9. The molecule has 0 aliphatic carbocycles. The number of hydrogen-bond acceptors (Lipinski definition) is 3. The molecule has 0 radical (unpaired) electrons. The molecule has 4 nitrogen and oxygen atoms in total. The molecule has 0 fully saturated rings. The zero-order chi connectivity index (χ0) is 17.9. The number of guanidine groups is 1. The molecule has 6 heteroatoms. The Hall–Kier alpha value is -1.95. The third-order valence-corrected chi connectivity index (χ3v) is 4.73. The third kappa shape index (κ3) is 7.65. The SMILES string of the molecule is CCNC(=NCCCCc1nc(C)cs1)NCCc1ccc(F)cc1. The summed E-state index contributed by atoms with van der Waals surface area (Å²) in [5.41, 5.74) is 2.22. The molecule has 2 rings (SSSR count). The summed E-state index contributed by atoms with van der Waals surface area (Å²) in [7, 11) is 0. The average Bonchev–Trinajstić information content (AvgIpc) is 3.01. The Bertz CT molecular complexity index is 652. The van der Waals surface area contributed by atoms with E-state index in [-0.39, 0.29) is 5.82 Å². The molecule has 0 unspecified atom stereocenters. The number of nitrogens with one attached hydrogen (secondary N) is 2. The van der Waals surface area contributed by atoms with Gasteiger partial charge in [-0.2, -0.15) is 0 Å². The van der Waals surface area contributed by atoms with Crippen LogP contribution in [-0.4, -0.2) is 30.6 Å². The summed E-state index contributed by atoms with van der Waals surface area (Å²) < 4.78 is 12.9. The number of halogens is 1. The molecular formula is C19H27FN4S. The molecule has 0 aliphatic heterocycles. The van der Waals surface area contributed by atoms with E-state index in [9.17, 15) is 4.39 Å². The lowest BCUT2D eigenvalue weighted by Crippen LogP contribution is -2.38. The first-order chi connectivity index (χ1) is 12.2. The predicted molar refractivity (Wildman–Crippen MR) is 104 cm³/mol. The van der Waals surface area contributed by atoms with Crippen LogP contribution in [0, 0.1) is 12.7 Å². The van der Waals surface area contributed by atoms with Crippen LogP contribution < -0.4 is 10.6 Å². The second-order valence-corrected chi connectivity index (χ2v) is 6.85. The number of aryl methyl sites for hydroxylation is 2. The van der Waals surface area contributed by atoms with E-state index in [1.165, 1.54) is 17.1 Å². The molecule has 25 heavy (non-hydrogen) atoms. The summed E-state index contributed by atoms with van der Waals surface area (Å²) in [6.07, 6.45) is 4.02. The summed E-state index contributed by atoms with van der Waals surface area (Å²) in [6.45, 7) is 6.50. The highest BCUT2D eigenvalue weighted by Crippen LogP contribution is 2.11. The van der Waals surface area contributed by atoms with Crippen molar-refractivity contribution in [3.05, 3.63) is 51.7 Å².